The molecule has 0 radical (unpaired) electrons. The molecule has 182 valence electrons. The second kappa shape index (κ2) is 9.07. The van der Waals surface area contributed by atoms with Crippen LogP contribution in [0.15, 0.2) is 62.3 Å². The predicted octanol–water partition coefficient (Wildman–Crippen LogP) is 4.61. The van der Waals surface area contributed by atoms with Crippen LogP contribution in [0.1, 0.15) is 60.8 Å². The molecule has 6 rings (SSSR count). The van der Waals surface area contributed by atoms with E-state index < -0.39 is 5.88 Å². The fourth-order valence-corrected chi connectivity index (χ4v) is 5.02. The Morgan fingerprint density at radius 3 is 2.83 bits per heavy atom. The molecule has 1 aliphatic rings. The van der Waals surface area contributed by atoms with Crippen LogP contribution in [0, 0.1) is 0 Å². The van der Waals surface area contributed by atoms with E-state index in [1.165, 1.54) is 5.56 Å². The number of aromatic hydroxyl groups is 1. The third-order valence-corrected chi connectivity index (χ3v) is 6.79. The molecule has 0 bridgehead atoms. The third-order valence-electron chi connectivity index (χ3n) is 6.79. The molecule has 3 aromatic heterocycles. The molecule has 1 N–H and O–H groups in total. The zero-order valence-electron chi connectivity index (χ0n) is 19.8. The molecule has 2 aromatic carbocycles. The number of aryl methyl sites for hydroxylation is 2. The van der Waals surface area contributed by atoms with E-state index >= 15 is 0 Å². The number of unbranched alkanes of at least 4 members (excludes halogenated alkanes) is 1. The van der Waals surface area contributed by atoms with E-state index in [4.69, 9.17) is 8.94 Å². The maximum Gasteiger partial charge on any atom is 0.270 e. The molecule has 0 unspecified atom stereocenters. The van der Waals surface area contributed by atoms with Gasteiger partial charge >= 0.3 is 0 Å². The smallest absolute Gasteiger partial charge is 0.270 e. The van der Waals surface area contributed by atoms with Gasteiger partial charge in [0.2, 0.25) is 11.8 Å². The van der Waals surface area contributed by atoms with Gasteiger partial charge in [0, 0.05) is 11.8 Å². The van der Waals surface area contributed by atoms with E-state index in [-0.39, 0.29) is 35.4 Å². The van der Waals surface area contributed by atoms with Crippen molar-refractivity contribution in [3.63, 3.8) is 0 Å². The van der Waals surface area contributed by atoms with Crippen LogP contribution in [-0.2, 0) is 19.3 Å². The monoisotopic (exact) mass is 483 g/mol. The Labute approximate surface area is 206 Å². The fourth-order valence-electron chi connectivity index (χ4n) is 5.02. The number of benzene rings is 2. The van der Waals surface area contributed by atoms with Gasteiger partial charge in [-0.15, -0.1) is 10.2 Å². The third kappa shape index (κ3) is 3.77. The fraction of sp³-hybridized carbons (Fsp3) is 0.296. The van der Waals surface area contributed by atoms with E-state index in [1.807, 2.05) is 36.4 Å². The normalized spacial score (nSPS) is 15.0. The SMILES string of the molecule is CCCCc1nc(O)c(-c2nnc(Cc3noc4ccccc34)o2)c(=O)n1[C@@H]1CCc2ccccc21. The van der Waals surface area contributed by atoms with Gasteiger partial charge in [-0.2, -0.15) is 4.98 Å². The highest BCUT2D eigenvalue weighted by Crippen LogP contribution is 2.35. The number of fused-ring (bicyclic) bond motifs is 2. The van der Waals surface area contributed by atoms with Gasteiger partial charge in [-0.3, -0.25) is 9.36 Å². The summed E-state index contributed by atoms with van der Waals surface area (Å²) in [5.41, 5.74) is 3.19. The lowest BCUT2D eigenvalue weighted by molar-refractivity contribution is 0.425. The van der Waals surface area contributed by atoms with Crippen LogP contribution in [0.3, 0.4) is 0 Å². The summed E-state index contributed by atoms with van der Waals surface area (Å²) in [5, 5.41) is 24.0. The van der Waals surface area contributed by atoms with Crippen LogP contribution in [0.5, 0.6) is 5.88 Å². The lowest BCUT2D eigenvalue weighted by Gasteiger charge is -2.20. The van der Waals surface area contributed by atoms with Gasteiger partial charge in [0.05, 0.1) is 12.5 Å². The summed E-state index contributed by atoms with van der Waals surface area (Å²) in [6, 6.07) is 15.5. The summed E-state index contributed by atoms with van der Waals surface area (Å²) < 4.78 is 12.9. The Morgan fingerprint density at radius 2 is 1.94 bits per heavy atom. The average Bonchev–Trinajstić information content (AvgIpc) is 3.62. The van der Waals surface area contributed by atoms with Gasteiger partial charge in [0.15, 0.2) is 11.1 Å². The molecular weight excluding hydrogens is 458 g/mol. The van der Waals surface area contributed by atoms with Crippen molar-refractivity contribution < 1.29 is 14.0 Å². The Hall–Kier alpha value is -4.27. The van der Waals surface area contributed by atoms with Gasteiger partial charge in [-0.25, -0.2) is 0 Å². The molecule has 0 amide bonds. The van der Waals surface area contributed by atoms with Gasteiger partial charge in [-0.1, -0.05) is 54.9 Å². The topological polar surface area (TPSA) is 120 Å². The van der Waals surface area contributed by atoms with E-state index in [9.17, 15) is 9.90 Å². The molecule has 3 heterocycles. The van der Waals surface area contributed by atoms with Crippen LogP contribution >= 0.6 is 0 Å². The van der Waals surface area contributed by atoms with Crippen molar-refractivity contribution in [2.24, 2.45) is 0 Å². The summed E-state index contributed by atoms with van der Waals surface area (Å²) in [4.78, 5) is 18.3. The molecule has 9 heteroatoms. The second-order valence-electron chi connectivity index (χ2n) is 9.06. The van der Waals surface area contributed by atoms with Crippen LogP contribution < -0.4 is 5.56 Å². The quantitative estimate of drug-likeness (QED) is 0.356. The Kier molecular flexibility index (Phi) is 5.59. The van der Waals surface area contributed by atoms with Crippen LogP contribution in [0.25, 0.3) is 22.4 Å². The predicted molar refractivity (Wildman–Crippen MR) is 132 cm³/mol. The van der Waals surface area contributed by atoms with Crippen molar-refractivity contribution in [2.45, 2.75) is 51.5 Å². The molecule has 0 spiro atoms. The Balaban J connectivity index is 1.41. The Morgan fingerprint density at radius 1 is 1.11 bits per heavy atom. The first-order chi connectivity index (χ1) is 17.6. The maximum absolute atomic E-state index is 13.9. The molecular formula is C27H25N5O4. The van der Waals surface area contributed by atoms with Gasteiger partial charge < -0.3 is 14.0 Å². The molecule has 0 saturated heterocycles. The van der Waals surface area contributed by atoms with Crippen LogP contribution in [-0.4, -0.2) is 30.0 Å². The number of nitrogens with zero attached hydrogens (tertiary/aromatic N) is 5. The van der Waals surface area contributed by atoms with E-state index in [0.717, 1.165) is 36.6 Å². The highest BCUT2D eigenvalue weighted by molar-refractivity contribution is 5.79. The zero-order chi connectivity index (χ0) is 24.6. The molecule has 0 fully saturated rings. The molecule has 9 nitrogen and oxygen atoms in total. The zero-order valence-corrected chi connectivity index (χ0v) is 19.8. The van der Waals surface area contributed by atoms with Crippen molar-refractivity contribution in [1.82, 2.24) is 24.9 Å². The second-order valence-corrected chi connectivity index (χ2v) is 9.06. The van der Waals surface area contributed by atoms with E-state index in [0.29, 0.717) is 23.5 Å². The van der Waals surface area contributed by atoms with Crippen molar-refractivity contribution >= 4 is 11.0 Å². The molecule has 0 aliphatic heterocycles. The van der Waals surface area contributed by atoms with Crippen LogP contribution in [0.2, 0.25) is 0 Å². The first kappa shape index (κ1) is 22.2. The summed E-state index contributed by atoms with van der Waals surface area (Å²) in [6.45, 7) is 2.08. The molecule has 5 aromatic rings. The van der Waals surface area contributed by atoms with E-state index in [2.05, 4.69) is 39.4 Å². The van der Waals surface area contributed by atoms with Crippen molar-refractivity contribution in [1.29, 1.82) is 0 Å². The Bertz CT molecular complexity index is 1620. The number of hydrogen-bond donors (Lipinski definition) is 1. The lowest BCUT2D eigenvalue weighted by atomic mass is 10.1. The van der Waals surface area contributed by atoms with Crippen molar-refractivity contribution in [3.8, 4) is 17.3 Å². The number of rotatable bonds is 7. The van der Waals surface area contributed by atoms with Crippen molar-refractivity contribution in [3.05, 3.63) is 87.4 Å². The standard InChI is InChI=1S/C27H25N5O4/c1-2-3-12-22-28-25(33)24(27(34)32(22)20-14-13-16-8-4-5-9-17(16)20)26-30-29-23(35-26)15-19-18-10-6-7-11-21(18)36-31-19/h4-11,20,33H,2-3,12-15H2,1H3/t20-/m1/s1. The number of hydrogen-bond acceptors (Lipinski definition) is 8. The minimum Gasteiger partial charge on any atom is -0.493 e. The molecule has 36 heavy (non-hydrogen) atoms. The van der Waals surface area contributed by atoms with Gasteiger partial charge in [0.1, 0.15) is 11.5 Å². The molecule has 0 saturated carbocycles. The lowest BCUT2D eigenvalue weighted by Crippen LogP contribution is -2.30. The van der Waals surface area contributed by atoms with Crippen LogP contribution in [0.4, 0.5) is 0 Å². The minimum absolute atomic E-state index is 0.0603. The summed E-state index contributed by atoms with van der Waals surface area (Å²) in [5.74, 6) is 0.375. The number of aromatic nitrogens is 5. The minimum atomic E-state index is -0.393. The molecule has 1 aliphatic carbocycles. The first-order valence-electron chi connectivity index (χ1n) is 12.2. The number of para-hydroxylation sites is 1. The maximum atomic E-state index is 13.9. The highest BCUT2D eigenvalue weighted by Gasteiger charge is 2.30. The van der Waals surface area contributed by atoms with E-state index in [1.54, 1.807) is 4.57 Å². The average molecular weight is 484 g/mol. The van der Waals surface area contributed by atoms with Gasteiger partial charge in [-0.05, 0) is 42.5 Å². The largest absolute Gasteiger partial charge is 0.493 e. The highest BCUT2D eigenvalue weighted by atomic mass is 16.5. The van der Waals surface area contributed by atoms with Crippen molar-refractivity contribution in [2.75, 3.05) is 0 Å². The molecule has 1 atom stereocenters. The summed E-state index contributed by atoms with van der Waals surface area (Å²) >= 11 is 0. The summed E-state index contributed by atoms with van der Waals surface area (Å²) in [6.07, 6.45) is 4.30. The first-order valence-corrected chi connectivity index (χ1v) is 12.2. The van der Waals surface area contributed by atoms with Gasteiger partial charge in [0.25, 0.3) is 11.4 Å². The summed E-state index contributed by atoms with van der Waals surface area (Å²) in [7, 11) is 0.